The van der Waals surface area contributed by atoms with Gasteiger partial charge in [0.05, 0.1) is 315 Å². The molecule has 0 bridgehead atoms. The van der Waals surface area contributed by atoms with Crippen molar-refractivity contribution < 1.29 is 156 Å². The zero-order valence-corrected chi connectivity index (χ0v) is 70.1. The Morgan fingerprint density at radius 2 is 0.744 bits per heavy atom. The first-order valence-electron chi connectivity index (χ1n) is 40.7. The minimum Gasteiger partial charge on any atom is -0.483 e. The molecule has 3 unspecified atom stereocenters. The van der Waals surface area contributed by atoms with E-state index in [0.29, 0.717) is 333 Å². The van der Waals surface area contributed by atoms with Crippen LogP contribution in [0, 0.1) is 12.8 Å². The topological polar surface area (TPSA) is 410 Å². The van der Waals surface area contributed by atoms with Gasteiger partial charge in [0, 0.05) is 50.4 Å². The molecule has 674 valence electrons. The van der Waals surface area contributed by atoms with Crippen molar-refractivity contribution in [1.82, 2.24) is 16.0 Å². The number of ether oxygens (including phenoxy) is 25. The number of amides is 3. The van der Waals surface area contributed by atoms with Gasteiger partial charge in [-0.2, -0.15) is 8.42 Å². The second-order valence-electron chi connectivity index (χ2n) is 26.2. The van der Waals surface area contributed by atoms with Gasteiger partial charge in [-0.1, -0.05) is 30.7 Å². The standard InChI is InChI=1S/C80H135N3O33S/c1-66-63-73(70-10-11-71-74(117(89,90)91)64-67(2)69-9-8-68(66)78(70)79(69)71)116-65-76(85)83-72(12-13-75(84)81-14-6-4-5-7-77(86)87)80(88)82-15-16-93-19-20-95-23-24-97-27-28-99-31-32-101-35-36-103-39-40-105-43-44-107-47-48-109-51-52-111-55-56-113-59-60-115-62-61-114-58-57-112-54-53-110-50-49-108-46-45-106-42-41-104-38-37-102-34-33-100-30-29-98-26-25-96-22-21-94-18-17-92-3/h8-11,63-64,71-72,79H,4-7,12-62,65H2,1-3H3,(H,81,84)(H,82,88)(H,83,85)(H,86,87)(H,89,90,91). The molecule has 5 N–H and O–H groups in total. The minimum absolute atomic E-state index is 0.0248. The molecule has 0 spiro atoms. The zero-order valence-electron chi connectivity index (χ0n) is 69.3. The van der Waals surface area contributed by atoms with Crippen molar-refractivity contribution >= 4 is 46.0 Å². The lowest BCUT2D eigenvalue weighted by Gasteiger charge is -2.39. The average Bonchev–Trinajstić information content (AvgIpc) is 0.718. The van der Waals surface area contributed by atoms with Crippen LogP contribution in [0.5, 0.6) is 5.75 Å². The molecular formula is C80H135N3O33S. The molecule has 0 fully saturated rings. The van der Waals surface area contributed by atoms with Crippen molar-refractivity contribution in [3.63, 3.8) is 0 Å². The Balaban J connectivity index is 0.811. The van der Waals surface area contributed by atoms with Crippen LogP contribution in [0.25, 0.3) is 12.2 Å². The molecule has 0 saturated carbocycles. The fraction of sp³-hybridized carbons (Fsp3) is 0.775. The third kappa shape index (κ3) is 54.0. The molecule has 1 aromatic carbocycles. The highest BCUT2D eigenvalue weighted by molar-refractivity contribution is 7.89. The van der Waals surface area contributed by atoms with Crippen LogP contribution in [0.15, 0.2) is 40.3 Å². The van der Waals surface area contributed by atoms with Crippen LogP contribution in [0.2, 0.25) is 0 Å². The summed E-state index contributed by atoms with van der Waals surface area (Å²) in [5.41, 5.74) is 4.85. The van der Waals surface area contributed by atoms with E-state index in [1.54, 1.807) is 32.3 Å². The summed E-state index contributed by atoms with van der Waals surface area (Å²) in [6.07, 6.45) is 10.5. The highest BCUT2D eigenvalue weighted by Crippen LogP contribution is 2.54. The fourth-order valence-corrected chi connectivity index (χ4v) is 12.2. The number of benzene rings is 1. The summed E-state index contributed by atoms with van der Waals surface area (Å²) in [5.74, 6) is -3.02. The normalized spacial score (nSPS) is 14.5. The van der Waals surface area contributed by atoms with Crippen molar-refractivity contribution in [2.45, 2.75) is 64.3 Å². The number of hydrogen-bond donors (Lipinski definition) is 5. The molecule has 37 heteroatoms. The van der Waals surface area contributed by atoms with Gasteiger partial charge < -0.3 is 139 Å². The monoisotopic (exact) mass is 1700 g/mol. The maximum Gasteiger partial charge on any atom is 0.303 e. The molecule has 3 amide bonds. The molecule has 3 aliphatic carbocycles. The molecule has 0 aromatic heterocycles. The summed E-state index contributed by atoms with van der Waals surface area (Å²) < 4.78 is 173. The maximum atomic E-state index is 13.5. The second-order valence-corrected chi connectivity index (χ2v) is 27.6. The van der Waals surface area contributed by atoms with Gasteiger partial charge in [0.1, 0.15) is 11.8 Å². The molecule has 0 radical (unpaired) electrons. The molecule has 3 atom stereocenters. The Labute approximate surface area is 690 Å². The lowest BCUT2D eigenvalue weighted by Crippen LogP contribution is -2.49. The van der Waals surface area contributed by atoms with E-state index in [1.807, 2.05) is 19.1 Å². The van der Waals surface area contributed by atoms with Gasteiger partial charge in [-0.05, 0) is 73.1 Å². The molecule has 3 aliphatic rings. The number of allylic oxidation sites excluding steroid dienone is 6. The largest absolute Gasteiger partial charge is 0.483 e. The van der Waals surface area contributed by atoms with E-state index >= 15 is 0 Å². The SMILES string of the molecule is COCCOCCOCCOCCOCCOCCOCCOCCOCCOCCOCCOCCOCCOCCOCCOCCOCCOCCOCCOCCOCCOCCOCCOCCNC(=O)C(CCC(=O)NCCCCCC(=O)O)NC(=O)COc1cc(C)c2c3c1C=CC1C(S(=O)(=O)O)=CC(C)=C(C=C2)C31. The summed E-state index contributed by atoms with van der Waals surface area (Å²) in [7, 11) is -2.86. The quantitative estimate of drug-likeness (QED) is 0.0461. The first-order chi connectivity index (χ1) is 57.3. The number of methoxy groups -OCH3 is 1. The van der Waals surface area contributed by atoms with E-state index in [4.69, 9.17) is 124 Å². The Morgan fingerprint density at radius 1 is 0.402 bits per heavy atom. The minimum atomic E-state index is -4.50. The number of carbonyl (C=O) groups is 4. The number of aryl methyl sites for hydroxylation is 1. The first kappa shape index (κ1) is 104. The Hall–Kier alpha value is -5.19. The zero-order chi connectivity index (χ0) is 83.8. The van der Waals surface area contributed by atoms with Gasteiger partial charge in [0.15, 0.2) is 6.61 Å². The van der Waals surface area contributed by atoms with E-state index in [1.165, 1.54) is 6.08 Å². The lowest BCUT2D eigenvalue weighted by atomic mass is 9.67. The van der Waals surface area contributed by atoms with Crippen molar-refractivity contribution in [3.05, 3.63) is 62.6 Å². The molecular weight excluding hydrogens is 1560 g/mol. The van der Waals surface area contributed by atoms with Gasteiger partial charge in [-0.3, -0.25) is 23.7 Å². The first-order valence-corrected chi connectivity index (χ1v) is 42.1. The summed E-state index contributed by atoms with van der Waals surface area (Å²) in [5, 5.41) is 17.2. The van der Waals surface area contributed by atoms with Crippen molar-refractivity contribution in [3.8, 4) is 5.75 Å². The second kappa shape index (κ2) is 72.4. The highest BCUT2D eigenvalue weighted by Gasteiger charge is 2.42. The summed E-state index contributed by atoms with van der Waals surface area (Å²) in [6, 6.07) is 0.694. The van der Waals surface area contributed by atoms with Gasteiger partial charge in [-0.15, -0.1) is 0 Å². The number of unbranched alkanes of at least 4 members (excludes halogenated alkanes) is 2. The van der Waals surface area contributed by atoms with Gasteiger partial charge in [0.25, 0.3) is 16.0 Å². The van der Waals surface area contributed by atoms with Crippen molar-refractivity contribution in [2.24, 2.45) is 5.92 Å². The predicted octanol–water partition coefficient (Wildman–Crippen LogP) is 3.40. The molecule has 36 nitrogen and oxygen atoms in total. The average molecular weight is 1700 g/mol. The fourth-order valence-electron chi connectivity index (χ4n) is 11.4. The maximum absolute atomic E-state index is 13.5. The number of carbonyl (C=O) groups excluding carboxylic acids is 3. The molecule has 0 saturated heterocycles. The smallest absolute Gasteiger partial charge is 0.303 e. The van der Waals surface area contributed by atoms with Crippen LogP contribution < -0.4 is 20.7 Å². The van der Waals surface area contributed by atoms with Crippen LogP contribution >= 0.6 is 0 Å². The number of rotatable bonds is 87. The van der Waals surface area contributed by atoms with Crippen molar-refractivity contribution in [2.75, 3.05) is 337 Å². The van der Waals surface area contributed by atoms with Crippen molar-refractivity contribution in [1.29, 1.82) is 0 Å². The van der Waals surface area contributed by atoms with Crippen LogP contribution in [0.3, 0.4) is 0 Å². The number of hydrogen-bond acceptors (Lipinski definition) is 31. The van der Waals surface area contributed by atoms with Crippen LogP contribution in [-0.4, -0.2) is 385 Å². The Bertz CT molecular complexity index is 2950. The van der Waals surface area contributed by atoms with Gasteiger partial charge in [-0.25, -0.2) is 0 Å². The predicted molar refractivity (Wildman–Crippen MR) is 427 cm³/mol. The van der Waals surface area contributed by atoms with Gasteiger partial charge >= 0.3 is 5.97 Å². The molecule has 117 heavy (non-hydrogen) atoms. The number of aliphatic carboxylic acids is 1. The van der Waals surface area contributed by atoms with E-state index in [-0.39, 0.29) is 56.4 Å². The molecule has 0 aliphatic heterocycles. The third-order valence-corrected chi connectivity index (χ3v) is 18.2. The lowest BCUT2D eigenvalue weighted by molar-refractivity contribution is -0.137. The number of carboxylic acids is 1. The molecule has 0 heterocycles. The third-order valence-electron chi connectivity index (χ3n) is 17.2. The van der Waals surface area contributed by atoms with Crippen LogP contribution in [0.4, 0.5) is 0 Å². The molecule has 4 rings (SSSR count). The molecule has 1 aromatic rings. The van der Waals surface area contributed by atoms with E-state index in [0.717, 1.165) is 22.3 Å². The number of nitrogens with one attached hydrogen (secondary N) is 3. The van der Waals surface area contributed by atoms with E-state index in [9.17, 15) is 32.1 Å². The highest BCUT2D eigenvalue weighted by atomic mass is 32.2. The Kier molecular flexibility index (Phi) is 64.5. The summed E-state index contributed by atoms with van der Waals surface area (Å²) in [4.78, 5) is 50.6. The number of carboxylic acid groups (broad SMARTS) is 1. The Morgan fingerprint density at radius 3 is 1.08 bits per heavy atom. The van der Waals surface area contributed by atoms with Gasteiger partial charge in [0.2, 0.25) is 11.8 Å². The van der Waals surface area contributed by atoms with Crippen LogP contribution in [0.1, 0.15) is 73.6 Å². The summed E-state index contributed by atoms with van der Waals surface area (Å²) in [6.45, 7) is 24.8. The van der Waals surface area contributed by atoms with E-state index in [2.05, 4.69) is 16.0 Å². The van der Waals surface area contributed by atoms with E-state index < -0.39 is 52.4 Å². The van der Waals surface area contributed by atoms with Crippen LogP contribution in [-0.2, 0) is 143 Å². The summed E-state index contributed by atoms with van der Waals surface area (Å²) >= 11 is 0.